The summed E-state index contributed by atoms with van der Waals surface area (Å²) in [5.41, 5.74) is 0.692. The van der Waals surface area contributed by atoms with E-state index in [-0.39, 0.29) is 6.10 Å². The lowest BCUT2D eigenvalue weighted by molar-refractivity contribution is 0.147. The van der Waals surface area contributed by atoms with Crippen molar-refractivity contribution in [3.05, 3.63) is 29.3 Å². The number of rotatable bonds is 4. The van der Waals surface area contributed by atoms with Crippen molar-refractivity contribution in [1.29, 1.82) is 10.5 Å². The summed E-state index contributed by atoms with van der Waals surface area (Å²) < 4.78 is 5.82. The molecule has 1 unspecified atom stereocenters. The topological polar surface area (TPSA) is 56.8 Å². The third-order valence-corrected chi connectivity index (χ3v) is 2.68. The molecule has 0 fully saturated rings. The summed E-state index contributed by atoms with van der Waals surface area (Å²) in [6.45, 7) is 6.20. The fourth-order valence-corrected chi connectivity index (χ4v) is 1.69. The molecule has 0 N–H and O–H groups in total. The van der Waals surface area contributed by atoms with Crippen LogP contribution in [-0.2, 0) is 0 Å². The molecule has 1 aromatic carbocycles. The number of benzene rings is 1. The van der Waals surface area contributed by atoms with E-state index in [2.05, 4.69) is 13.8 Å². The van der Waals surface area contributed by atoms with Crippen LogP contribution in [0.5, 0.6) is 5.75 Å². The number of nitriles is 2. The first-order chi connectivity index (χ1) is 8.13. The van der Waals surface area contributed by atoms with E-state index in [9.17, 15) is 0 Å². The van der Waals surface area contributed by atoms with Gasteiger partial charge in [0.2, 0.25) is 0 Å². The number of hydrogen-bond acceptors (Lipinski definition) is 3. The van der Waals surface area contributed by atoms with E-state index in [0.717, 1.165) is 6.42 Å². The first kappa shape index (κ1) is 13.1. The highest BCUT2D eigenvalue weighted by Crippen LogP contribution is 2.24. The van der Waals surface area contributed by atoms with Crippen molar-refractivity contribution < 1.29 is 4.74 Å². The molecule has 1 rings (SSSR count). The summed E-state index contributed by atoms with van der Waals surface area (Å²) in [6.07, 6.45) is 0.940. The summed E-state index contributed by atoms with van der Waals surface area (Å²) in [7, 11) is 0. The van der Waals surface area contributed by atoms with E-state index >= 15 is 0 Å². The smallest absolute Gasteiger partial charge is 0.138 e. The van der Waals surface area contributed by atoms with Crippen molar-refractivity contribution in [2.75, 3.05) is 0 Å². The largest absolute Gasteiger partial charge is 0.489 e. The molecule has 0 aliphatic heterocycles. The monoisotopic (exact) mass is 228 g/mol. The maximum atomic E-state index is 9.07. The average molecular weight is 228 g/mol. The molecule has 0 aliphatic rings. The molecule has 0 amide bonds. The van der Waals surface area contributed by atoms with Gasteiger partial charge in [-0.05, 0) is 24.5 Å². The highest BCUT2D eigenvalue weighted by Gasteiger charge is 2.16. The van der Waals surface area contributed by atoms with E-state index in [1.54, 1.807) is 18.2 Å². The zero-order valence-electron chi connectivity index (χ0n) is 10.4. The van der Waals surface area contributed by atoms with Crippen LogP contribution in [0, 0.1) is 28.6 Å². The molecule has 0 saturated heterocycles. The Morgan fingerprint density at radius 3 is 2.41 bits per heavy atom. The second kappa shape index (κ2) is 5.92. The number of nitrogens with zero attached hydrogens (tertiary/aromatic N) is 2. The highest BCUT2D eigenvalue weighted by molar-refractivity contribution is 5.53. The van der Waals surface area contributed by atoms with E-state index in [1.165, 1.54) is 0 Å². The van der Waals surface area contributed by atoms with E-state index in [0.29, 0.717) is 22.8 Å². The summed E-state index contributed by atoms with van der Waals surface area (Å²) >= 11 is 0. The second-order valence-electron chi connectivity index (χ2n) is 4.21. The maximum Gasteiger partial charge on any atom is 0.138 e. The predicted molar refractivity (Wildman–Crippen MR) is 65.4 cm³/mol. The van der Waals surface area contributed by atoms with Crippen molar-refractivity contribution in [3.63, 3.8) is 0 Å². The van der Waals surface area contributed by atoms with Gasteiger partial charge in [-0.2, -0.15) is 10.5 Å². The normalized spacial score (nSPS) is 11.6. The van der Waals surface area contributed by atoms with Gasteiger partial charge >= 0.3 is 0 Å². The molecule has 17 heavy (non-hydrogen) atoms. The number of ether oxygens (including phenoxy) is 1. The van der Waals surface area contributed by atoms with Crippen LogP contribution >= 0.6 is 0 Å². The maximum absolute atomic E-state index is 9.07. The third kappa shape index (κ3) is 2.98. The molecule has 3 heteroatoms. The van der Waals surface area contributed by atoms with Gasteiger partial charge in [0.1, 0.15) is 29.6 Å². The van der Waals surface area contributed by atoms with Gasteiger partial charge in [0.05, 0.1) is 5.56 Å². The third-order valence-electron chi connectivity index (χ3n) is 2.68. The van der Waals surface area contributed by atoms with Crippen molar-refractivity contribution in [1.82, 2.24) is 0 Å². The Hall–Kier alpha value is -2.00. The molecular weight excluding hydrogens is 212 g/mol. The molecule has 88 valence electrons. The van der Waals surface area contributed by atoms with Crippen LogP contribution in [0.25, 0.3) is 0 Å². The predicted octanol–water partition coefficient (Wildman–Crippen LogP) is 3.24. The van der Waals surface area contributed by atoms with Gasteiger partial charge in [0.15, 0.2) is 0 Å². The first-order valence-electron chi connectivity index (χ1n) is 5.73. The summed E-state index contributed by atoms with van der Waals surface area (Å²) in [5.74, 6) is 0.879. The van der Waals surface area contributed by atoms with Crippen LogP contribution in [0.1, 0.15) is 38.3 Å². The van der Waals surface area contributed by atoms with Crippen LogP contribution in [0.15, 0.2) is 18.2 Å². The second-order valence-corrected chi connectivity index (χ2v) is 4.21. The van der Waals surface area contributed by atoms with Crippen LogP contribution < -0.4 is 4.74 Å². The Balaban J connectivity index is 3.08. The van der Waals surface area contributed by atoms with Gasteiger partial charge in [-0.3, -0.25) is 0 Å². The summed E-state index contributed by atoms with van der Waals surface area (Å²) in [5, 5.41) is 18.0. The van der Waals surface area contributed by atoms with Crippen molar-refractivity contribution in [3.8, 4) is 17.9 Å². The Labute approximate surface area is 102 Å². The average Bonchev–Trinajstić information content (AvgIpc) is 2.34. The Morgan fingerprint density at radius 1 is 1.24 bits per heavy atom. The molecule has 0 aromatic heterocycles. The lowest BCUT2D eigenvalue weighted by atomic mass is 10.0. The van der Waals surface area contributed by atoms with Crippen LogP contribution in [0.3, 0.4) is 0 Å². The minimum atomic E-state index is 0.0658. The van der Waals surface area contributed by atoms with E-state index in [1.807, 2.05) is 19.1 Å². The SMILES string of the molecule is CCC(Oc1cccc(C#N)c1C#N)C(C)C. The Morgan fingerprint density at radius 2 is 1.94 bits per heavy atom. The quantitative estimate of drug-likeness (QED) is 0.794. The van der Waals surface area contributed by atoms with Crippen LogP contribution in [0.2, 0.25) is 0 Å². The van der Waals surface area contributed by atoms with Crippen molar-refractivity contribution >= 4 is 0 Å². The fraction of sp³-hybridized carbons (Fsp3) is 0.429. The molecule has 0 heterocycles. The van der Waals surface area contributed by atoms with Crippen molar-refractivity contribution in [2.24, 2.45) is 5.92 Å². The minimum Gasteiger partial charge on any atom is -0.489 e. The van der Waals surface area contributed by atoms with Gasteiger partial charge in [-0.1, -0.05) is 26.8 Å². The van der Waals surface area contributed by atoms with Crippen molar-refractivity contribution in [2.45, 2.75) is 33.3 Å². The first-order valence-corrected chi connectivity index (χ1v) is 5.73. The Kier molecular flexibility index (Phi) is 4.55. The summed E-state index contributed by atoms with van der Waals surface area (Å²) in [6, 6.07) is 9.15. The van der Waals surface area contributed by atoms with Gasteiger partial charge in [0.25, 0.3) is 0 Å². The summed E-state index contributed by atoms with van der Waals surface area (Å²) in [4.78, 5) is 0. The van der Waals surface area contributed by atoms with E-state index < -0.39 is 0 Å². The Bertz CT molecular complexity index is 466. The van der Waals surface area contributed by atoms with Crippen LogP contribution in [-0.4, -0.2) is 6.10 Å². The molecule has 0 spiro atoms. The van der Waals surface area contributed by atoms with E-state index in [4.69, 9.17) is 15.3 Å². The highest BCUT2D eigenvalue weighted by atomic mass is 16.5. The molecular formula is C14H16N2O. The fourth-order valence-electron chi connectivity index (χ4n) is 1.69. The molecule has 0 saturated carbocycles. The molecule has 0 bridgehead atoms. The lowest BCUT2D eigenvalue weighted by Gasteiger charge is -2.21. The zero-order chi connectivity index (χ0) is 12.8. The van der Waals surface area contributed by atoms with Gasteiger partial charge in [0, 0.05) is 0 Å². The molecule has 1 atom stereocenters. The molecule has 0 aliphatic carbocycles. The van der Waals surface area contributed by atoms with Gasteiger partial charge < -0.3 is 4.74 Å². The standard InChI is InChI=1S/C14H16N2O/c1-4-13(10(2)3)17-14-7-5-6-11(8-15)12(14)9-16/h5-7,10,13H,4H2,1-3H3. The molecule has 3 nitrogen and oxygen atoms in total. The van der Waals surface area contributed by atoms with Gasteiger partial charge in [-0.15, -0.1) is 0 Å². The molecule has 0 radical (unpaired) electrons. The zero-order valence-corrected chi connectivity index (χ0v) is 10.4. The lowest BCUT2D eigenvalue weighted by Crippen LogP contribution is -2.22. The van der Waals surface area contributed by atoms with Gasteiger partial charge in [-0.25, -0.2) is 0 Å². The van der Waals surface area contributed by atoms with Crippen LogP contribution in [0.4, 0.5) is 0 Å². The minimum absolute atomic E-state index is 0.0658. The molecule has 1 aromatic rings. The number of hydrogen-bond donors (Lipinski definition) is 0.